The first-order valence-corrected chi connectivity index (χ1v) is 10.2. The van der Waals surface area contributed by atoms with Gasteiger partial charge in [0.2, 0.25) is 0 Å². The quantitative estimate of drug-likeness (QED) is 0.268. The van der Waals surface area contributed by atoms with E-state index in [4.69, 9.17) is 5.21 Å². The number of hydrogen-bond acceptors (Lipinski definition) is 4. The van der Waals surface area contributed by atoms with Crippen LogP contribution in [0.4, 0.5) is 5.69 Å². The maximum atomic E-state index is 13.1. The van der Waals surface area contributed by atoms with E-state index in [2.05, 4.69) is 10.6 Å². The summed E-state index contributed by atoms with van der Waals surface area (Å²) in [7, 11) is 0. The molecule has 0 saturated carbocycles. The second kappa shape index (κ2) is 9.76. The molecule has 0 aliphatic rings. The standard InChI is InChI=1S/C26H21N3O4/c30-24(21-11-10-17-6-4-5-9-20(17)16-21)28-23(18-7-2-1-3-8-18)26(32)27-22-14-12-19(13-15-22)25(31)29-33/h1-16,23,33H,(H,27,32)(H,28,30)(H,29,31)/t23-/m0/s1. The molecule has 7 heteroatoms. The Morgan fingerprint density at radius 2 is 1.30 bits per heavy atom. The number of rotatable bonds is 6. The van der Waals surface area contributed by atoms with E-state index in [0.717, 1.165) is 10.8 Å². The van der Waals surface area contributed by atoms with Crippen molar-refractivity contribution in [3.05, 3.63) is 114 Å². The van der Waals surface area contributed by atoms with Gasteiger partial charge in [0.05, 0.1) is 0 Å². The molecular weight excluding hydrogens is 418 g/mol. The average Bonchev–Trinajstić information content (AvgIpc) is 2.87. The molecule has 0 bridgehead atoms. The predicted molar refractivity (Wildman–Crippen MR) is 125 cm³/mol. The van der Waals surface area contributed by atoms with Crippen molar-refractivity contribution in [2.75, 3.05) is 5.32 Å². The Morgan fingerprint density at radius 3 is 2.00 bits per heavy atom. The number of hydrogen-bond donors (Lipinski definition) is 4. The number of carbonyl (C=O) groups excluding carboxylic acids is 3. The van der Waals surface area contributed by atoms with Gasteiger partial charge < -0.3 is 10.6 Å². The van der Waals surface area contributed by atoms with Gasteiger partial charge in [0, 0.05) is 16.8 Å². The Labute approximate surface area is 190 Å². The lowest BCUT2D eigenvalue weighted by molar-refractivity contribution is -0.118. The summed E-state index contributed by atoms with van der Waals surface area (Å²) in [6.07, 6.45) is 0. The van der Waals surface area contributed by atoms with Gasteiger partial charge in [0.15, 0.2) is 0 Å². The maximum Gasteiger partial charge on any atom is 0.274 e. The molecule has 0 aromatic heterocycles. The fourth-order valence-corrected chi connectivity index (χ4v) is 3.47. The minimum Gasteiger partial charge on any atom is -0.336 e. The average molecular weight is 439 g/mol. The summed E-state index contributed by atoms with van der Waals surface area (Å²) < 4.78 is 0. The first-order valence-electron chi connectivity index (χ1n) is 10.2. The van der Waals surface area contributed by atoms with E-state index in [-0.39, 0.29) is 11.5 Å². The molecule has 0 saturated heterocycles. The van der Waals surface area contributed by atoms with Gasteiger partial charge in [0.1, 0.15) is 6.04 Å². The highest BCUT2D eigenvalue weighted by molar-refractivity contribution is 6.03. The van der Waals surface area contributed by atoms with Gasteiger partial charge in [-0.05, 0) is 52.7 Å². The zero-order valence-corrected chi connectivity index (χ0v) is 17.5. The summed E-state index contributed by atoms with van der Waals surface area (Å²) in [6, 6.07) is 27.1. The van der Waals surface area contributed by atoms with Gasteiger partial charge in [-0.15, -0.1) is 0 Å². The molecule has 7 nitrogen and oxygen atoms in total. The van der Waals surface area contributed by atoms with Gasteiger partial charge in [-0.1, -0.05) is 60.7 Å². The minimum absolute atomic E-state index is 0.236. The molecule has 3 amide bonds. The molecule has 0 aliphatic heterocycles. The minimum atomic E-state index is -0.939. The molecule has 0 fully saturated rings. The number of amides is 3. The second-order valence-corrected chi connectivity index (χ2v) is 7.39. The van der Waals surface area contributed by atoms with Crippen LogP contribution in [-0.4, -0.2) is 22.9 Å². The number of carbonyl (C=O) groups is 3. The Kier molecular flexibility index (Phi) is 6.43. The van der Waals surface area contributed by atoms with Crippen molar-refractivity contribution in [1.82, 2.24) is 10.8 Å². The Hall–Kier alpha value is -4.49. The number of nitrogens with one attached hydrogen (secondary N) is 3. The topological polar surface area (TPSA) is 108 Å². The fraction of sp³-hybridized carbons (Fsp3) is 0.0385. The molecule has 0 unspecified atom stereocenters. The Bertz CT molecular complexity index is 1300. The first kappa shape index (κ1) is 21.7. The molecule has 0 aliphatic carbocycles. The summed E-state index contributed by atoms with van der Waals surface area (Å²) in [5, 5.41) is 16.3. The van der Waals surface area contributed by atoms with Crippen LogP contribution in [-0.2, 0) is 4.79 Å². The van der Waals surface area contributed by atoms with Crippen molar-refractivity contribution in [2.24, 2.45) is 0 Å². The predicted octanol–water partition coefficient (Wildman–Crippen LogP) is 4.07. The Morgan fingerprint density at radius 1 is 0.667 bits per heavy atom. The van der Waals surface area contributed by atoms with Gasteiger partial charge in [-0.3, -0.25) is 19.6 Å². The van der Waals surface area contributed by atoms with Crippen LogP contribution in [0.25, 0.3) is 10.8 Å². The van der Waals surface area contributed by atoms with E-state index >= 15 is 0 Å². The molecule has 4 rings (SSSR count). The molecule has 0 spiro atoms. The highest BCUT2D eigenvalue weighted by Gasteiger charge is 2.23. The largest absolute Gasteiger partial charge is 0.336 e. The maximum absolute atomic E-state index is 13.1. The number of anilines is 1. The molecule has 1 atom stereocenters. The smallest absolute Gasteiger partial charge is 0.274 e. The zero-order chi connectivity index (χ0) is 23.2. The lowest BCUT2D eigenvalue weighted by atomic mass is 10.0. The van der Waals surface area contributed by atoms with Crippen LogP contribution in [0.2, 0.25) is 0 Å². The molecule has 33 heavy (non-hydrogen) atoms. The van der Waals surface area contributed by atoms with Crippen molar-refractivity contribution in [3.8, 4) is 0 Å². The summed E-state index contributed by atoms with van der Waals surface area (Å²) >= 11 is 0. The summed E-state index contributed by atoms with van der Waals surface area (Å²) in [5.41, 5.74) is 3.30. The van der Waals surface area contributed by atoms with Gasteiger partial charge >= 0.3 is 0 Å². The lowest BCUT2D eigenvalue weighted by Crippen LogP contribution is -2.37. The third-order valence-corrected chi connectivity index (χ3v) is 5.20. The number of hydroxylamine groups is 1. The van der Waals surface area contributed by atoms with E-state index in [0.29, 0.717) is 16.8 Å². The van der Waals surface area contributed by atoms with Crippen molar-refractivity contribution in [1.29, 1.82) is 0 Å². The summed E-state index contributed by atoms with van der Waals surface area (Å²) in [4.78, 5) is 37.6. The highest BCUT2D eigenvalue weighted by atomic mass is 16.5. The molecule has 0 radical (unpaired) electrons. The third-order valence-electron chi connectivity index (χ3n) is 5.20. The molecular formula is C26H21N3O4. The van der Waals surface area contributed by atoms with Crippen LogP contribution in [0, 0.1) is 0 Å². The van der Waals surface area contributed by atoms with Crippen LogP contribution < -0.4 is 16.1 Å². The van der Waals surface area contributed by atoms with Crippen molar-refractivity contribution >= 4 is 34.2 Å². The van der Waals surface area contributed by atoms with Crippen LogP contribution in [0.3, 0.4) is 0 Å². The van der Waals surface area contributed by atoms with E-state index in [9.17, 15) is 14.4 Å². The fourth-order valence-electron chi connectivity index (χ4n) is 3.47. The van der Waals surface area contributed by atoms with Gasteiger partial charge in [-0.25, -0.2) is 5.48 Å². The van der Waals surface area contributed by atoms with Crippen LogP contribution in [0.15, 0.2) is 97.1 Å². The van der Waals surface area contributed by atoms with E-state index in [1.165, 1.54) is 24.3 Å². The van der Waals surface area contributed by atoms with Crippen LogP contribution in [0.5, 0.6) is 0 Å². The second-order valence-electron chi connectivity index (χ2n) is 7.39. The molecule has 4 aromatic rings. The molecule has 4 N–H and O–H groups in total. The summed E-state index contributed by atoms with van der Waals surface area (Å²) in [5.74, 6) is -1.47. The van der Waals surface area contributed by atoms with Crippen LogP contribution in [0.1, 0.15) is 32.3 Å². The monoisotopic (exact) mass is 439 g/mol. The van der Waals surface area contributed by atoms with E-state index in [1.54, 1.807) is 41.9 Å². The third kappa shape index (κ3) is 5.06. The number of benzene rings is 4. The highest BCUT2D eigenvalue weighted by Crippen LogP contribution is 2.20. The van der Waals surface area contributed by atoms with Crippen molar-refractivity contribution in [3.63, 3.8) is 0 Å². The zero-order valence-electron chi connectivity index (χ0n) is 17.5. The SMILES string of the molecule is O=C(NO)c1ccc(NC(=O)[C@@H](NC(=O)c2ccc3ccccc3c2)c2ccccc2)cc1. The van der Waals surface area contributed by atoms with Crippen LogP contribution >= 0.6 is 0 Å². The molecule has 164 valence electrons. The molecule has 0 heterocycles. The Balaban J connectivity index is 1.56. The van der Waals surface area contributed by atoms with Crippen molar-refractivity contribution < 1.29 is 19.6 Å². The normalized spacial score (nSPS) is 11.4. The number of fused-ring (bicyclic) bond motifs is 1. The van der Waals surface area contributed by atoms with Gasteiger partial charge in [-0.2, -0.15) is 0 Å². The summed E-state index contributed by atoms with van der Waals surface area (Å²) in [6.45, 7) is 0. The van der Waals surface area contributed by atoms with Gasteiger partial charge in [0.25, 0.3) is 17.7 Å². The van der Waals surface area contributed by atoms with E-state index < -0.39 is 17.9 Å². The lowest BCUT2D eigenvalue weighted by Gasteiger charge is -2.19. The first-order chi connectivity index (χ1) is 16.0. The molecule has 4 aromatic carbocycles. The van der Waals surface area contributed by atoms with Crippen molar-refractivity contribution in [2.45, 2.75) is 6.04 Å². The van der Waals surface area contributed by atoms with E-state index in [1.807, 2.05) is 36.4 Å².